The lowest BCUT2D eigenvalue weighted by atomic mass is 9.85. The Kier molecular flexibility index (Phi) is 6.26. The molecule has 8 heteroatoms. The van der Waals surface area contributed by atoms with Gasteiger partial charge in [0.1, 0.15) is 6.04 Å². The number of likely N-dealkylation sites (tertiary alicyclic amines) is 1. The first-order valence-electron chi connectivity index (χ1n) is 12.0. The first kappa shape index (κ1) is 23.7. The SMILES string of the molecule is CC(=O)c1ccc(NC(=O)COC(=O)[C@H](Cc2ccccc2)N2C(=O)[C@@H]3[C@@H](C2=O)[C@H]2C=C[C@H]3C2)cc1. The van der Waals surface area contributed by atoms with Crippen LogP contribution in [0.4, 0.5) is 5.69 Å². The quantitative estimate of drug-likeness (QED) is 0.266. The maximum atomic E-state index is 13.3. The van der Waals surface area contributed by atoms with Crippen molar-refractivity contribution in [2.75, 3.05) is 11.9 Å². The van der Waals surface area contributed by atoms with Crippen LogP contribution >= 0.6 is 0 Å². The van der Waals surface area contributed by atoms with Crippen molar-refractivity contribution in [3.05, 3.63) is 77.9 Å². The third-order valence-electron chi connectivity index (χ3n) is 7.28. The second-order valence-electron chi connectivity index (χ2n) is 9.54. The summed E-state index contributed by atoms with van der Waals surface area (Å²) >= 11 is 0. The van der Waals surface area contributed by atoms with Gasteiger partial charge in [-0.3, -0.25) is 24.1 Å². The fourth-order valence-corrected chi connectivity index (χ4v) is 5.57. The van der Waals surface area contributed by atoms with Gasteiger partial charge in [0.05, 0.1) is 11.8 Å². The number of ketones is 1. The molecule has 0 unspecified atom stereocenters. The Bertz CT molecular complexity index is 1220. The highest BCUT2D eigenvalue weighted by atomic mass is 16.5. The molecule has 5 atom stereocenters. The summed E-state index contributed by atoms with van der Waals surface area (Å²) in [7, 11) is 0. The molecule has 2 aromatic carbocycles. The zero-order chi connectivity index (χ0) is 25.4. The van der Waals surface area contributed by atoms with E-state index in [0.717, 1.165) is 16.9 Å². The zero-order valence-electron chi connectivity index (χ0n) is 19.8. The van der Waals surface area contributed by atoms with Gasteiger partial charge in [0.25, 0.3) is 5.91 Å². The molecule has 3 aliphatic rings. The van der Waals surface area contributed by atoms with Crippen molar-refractivity contribution in [1.82, 2.24) is 4.90 Å². The highest BCUT2D eigenvalue weighted by Crippen LogP contribution is 2.53. The van der Waals surface area contributed by atoms with Crippen molar-refractivity contribution in [2.45, 2.75) is 25.8 Å². The smallest absolute Gasteiger partial charge is 0.330 e. The van der Waals surface area contributed by atoms with Crippen LogP contribution in [-0.4, -0.2) is 47.0 Å². The monoisotopic (exact) mass is 486 g/mol. The predicted octanol–water partition coefficient (Wildman–Crippen LogP) is 2.79. The molecular weight excluding hydrogens is 460 g/mol. The maximum Gasteiger partial charge on any atom is 0.330 e. The zero-order valence-corrected chi connectivity index (χ0v) is 19.8. The Morgan fingerprint density at radius 3 is 2.14 bits per heavy atom. The lowest BCUT2D eigenvalue weighted by Gasteiger charge is -2.26. The standard InChI is InChI=1S/C28H26N2O6/c1-16(31)18-9-11-21(12-10-18)29-23(32)15-36-28(35)22(13-17-5-3-2-4-6-17)30-26(33)24-19-7-8-20(14-19)25(24)27(30)34/h2-12,19-20,22,24-25H,13-15H2,1H3,(H,29,32)/t19-,20-,22-,24-,25-/m0/s1. The summed E-state index contributed by atoms with van der Waals surface area (Å²) in [6, 6.07) is 14.3. The van der Waals surface area contributed by atoms with Crippen molar-refractivity contribution in [2.24, 2.45) is 23.7 Å². The van der Waals surface area contributed by atoms with E-state index in [1.165, 1.54) is 6.92 Å². The van der Waals surface area contributed by atoms with Gasteiger partial charge in [-0.05, 0) is 55.0 Å². The van der Waals surface area contributed by atoms with Crippen LogP contribution in [-0.2, 0) is 30.3 Å². The molecule has 8 nitrogen and oxygen atoms in total. The normalized spacial score (nSPS) is 24.5. The van der Waals surface area contributed by atoms with Crippen LogP contribution in [0.3, 0.4) is 0 Å². The van der Waals surface area contributed by atoms with Crippen LogP contribution < -0.4 is 5.32 Å². The number of hydrogen-bond donors (Lipinski definition) is 1. The van der Waals surface area contributed by atoms with Crippen molar-refractivity contribution in [3.63, 3.8) is 0 Å². The average molecular weight is 487 g/mol. The minimum Gasteiger partial charge on any atom is -0.454 e. The van der Waals surface area contributed by atoms with Gasteiger partial charge in [-0.1, -0.05) is 42.5 Å². The van der Waals surface area contributed by atoms with Gasteiger partial charge in [0.2, 0.25) is 11.8 Å². The molecule has 1 N–H and O–H groups in total. The number of Topliss-reactive ketones (excluding diaryl/α,β-unsaturated/α-hetero) is 1. The van der Waals surface area contributed by atoms with Crippen molar-refractivity contribution in [3.8, 4) is 0 Å². The molecular formula is C28H26N2O6. The number of fused-ring (bicyclic) bond motifs is 5. The second-order valence-corrected chi connectivity index (χ2v) is 9.54. The van der Waals surface area contributed by atoms with Crippen LogP contribution in [0.15, 0.2) is 66.7 Å². The van der Waals surface area contributed by atoms with Crippen molar-refractivity contribution >= 4 is 35.2 Å². The lowest BCUT2D eigenvalue weighted by Crippen LogP contribution is -2.48. The average Bonchev–Trinajstić information content (AvgIpc) is 3.56. The first-order valence-corrected chi connectivity index (χ1v) is 12.0. The molecule has 1 heterocycles. The van der Waals surface area contributed by atoms with Crippen LogP contribution in [0, 0.1) is 23.7 Å². The van der Waals surface area contributed by atoms with Gasteiger partial charge in [0, 0.05) is 17.7 Å². The van der Waals surface area contributed by atoms with Gasteiger partial charge in [-0.2, -0.15) is 0 Å². The number of carbonyl (C=O) groups is 5. The summed E-state index contributed by atoms with van der Waals surface area (Å²) in [4.78, 5) is 64.8. The van der Waals surface area contributed by atoms with Gasteiger partial charge < -0.3 is 10.1 Å². The Morgan fingerprint density at radius 2 is 1.56 bits per heavy atom. The summed E-state index contributed by atoms with van der Waals surface area (Å²) in [5.41, 5.74) is 1.73. The van der Waals surface area contributed by atoms with Gasteiger partial charge >= 0.3 is 5.97 Å². The fraction of sp³-hybridized carbons (Fsp3) is 0.321. The summed E-state index contributed by atoms with van der Waals surface area (Å²) < 4.78 is 5.31. The molecule has 2 bridgehead atoms. The predicted molar refractivity (Wildman–Crippen MR) is 130 cm³/mol. The highest BCUT2D eigenvalue weighted by molar-refractivity contribution is 6.09. The molecule has 1 saturated heterocycles. The molecule has 2 aromatic rings. The minimum atomic E-state index is -1.15. The van der Waals surface area contributed by atoms with E-state index in [4.69, 9.17) is 4.74 Å². The largest absolute Gasteiger partial charge is 0.454 e. The number of carbonyl (C=O) groups excluding carboxylic acids is 5. The van der Waals surface area contributed by atoms with E-state index in [1.807, 2.05) is 42.5 Å². The molecule has 0 aromatic heterocycles. The van der Waals surface area contributed by atoms with Crippen LogP contribution in [0.25, 0.3) is 0 Å². The Morgan fingerprint density at radius 1 is 0.944 bits per heavy atom. The number of amides is 3. The molecule has 0 spiro atoms. The van der Waals surface area contributed by atoms with Crippen molar-refractivity contribution in [1.29, 1.82) is 0 Å². The van der Waals surface area contributed by atoms with E-state index in [9.17, 15) is 24.0 Å². The molecule has 1 saturated carbocycles. The van der Waals surface area contributed by atoms with E-state index in [2.05, 4.69) is 5.32 Å². The van der Waals surface area contributed by atoms with Gasteiger partial charge in [-0.25, -0.2) is 4.79 Å². The topological polar surface area (TPSA) is 110 Å². The molecule has 36 heavy (non-hydrogen) atoms. The number of rotatable bonds is 8. The van der Waals surface area contributed by atoms with Crippen LogP contribution in [0.1, 0.15) is 29.3 Å². The van der Waals surface area contributed by atoms with E-state index in [-0.39, 0.29) is 35.9 Å². The number of benzene rings is 2. The molecule has 5 rings (SSSR count). The summed E-state index contributed by atoms with van der Waals surface area (Å²) in [5, 5.41) is 2.61. The Labute approximate surface area is 208 Å². The van der Waals surface area contributed by atoms with E-state index >= 15 is 0 Å². The van der Waals surface area contributed by atoms with Crippen LogP contribution in [0.2, 0.25) is 0 Å². The molecule has 2 fully saturated rings. The van der Waals surface area contributed by atoms with E-state index in [0.29, 0.717) is 11.3 Å². The number of allylic oxidation sites excluding steroid dienone is 2. The number of ether oxygens (including phenoxy) is 1. The molecule has 0 radical (unpaired) electrons. The number of imide groups is 1. The molecule has 1 aliphatic heterocycles. The number of nitrogens with zero attached hydrogens (tertiary/aromatic N) is 1. The van der Waals surface area contributed by atoms with Gasteiger partial charge in [0.15, 0.2) is 12.4 Å². The molecule has 184 valence electrons. The number of anilines is 1. The van der Waals surface area contributed by atoms with E-state index < -0.39 is 36.4 Å². The number of hydrogen-bond acceptors (Lipinski definition) is 6. The molecule has 2 aliphatic carbocycles. The summed E-state index contributed by atoms with van der Waals surface area (Å²) in [6.45, 7) is 0.873. The minimum absolute atomic E-state index is 0.0232. The molecule has 3 amide bonds. The Balaban J connectivity index is 1.29. The third-order valence-corrected chi connectivity index (χ3v) is 7.28. The lowest BCUT2D eigenvalue weighted by molar-refractivity contribution is -0.160. The van der Waals surface area contributed by atoms with E-state index in [1.54, 1.807) is 24.3 Å². The third kappa shape index (κ3) is 4.34. The first-order chi connectivity index (χ1) is 17.3. The second kappa shape index (κ2) is 9.53. The number of esters is 1. The van der Waals surface area contributed by atoms with Crippen LogP contribution in [0.5, 0.6) is 0 Å². The fourth-order valence-electron chi connectivity index (χ4n) is 5.57. The number of nitrogens with one attached hydrogen (secondary N) is 1. The maximum absolute atomic E-state index is 13.3. The van der Waals surface area contributed by atoms with Gasteiger partial charge in [-0.15, -0.1) is 0 Å². The Hall–Kier alpha value is -4.07. The summed E-state index contributed by atoms with van der Waals surface area (Å²) in [5.74, 6) is -2.96. The summed E-state index contributed by atoms with van der Waals surface area (Å²) in [6.07, 6.45) is 4.89. The highest BCUT2D eigenvalue weighted by Gasteiger charge is 2.61. The van der Waals surface area contributed by atoms with Crippen molar-refractivity contribution < 1.29 is 28.7 Å².